The van der Waals surface area contributed by atoms with Crippen LogP contribution < -0.4 is 10.1 Å². The van der Waals surface area contributed by atoms with Gasteiger partial charge in [0.1, 0.15) is 12.0 Å². The molecule has 2 aromatic carbocycles. The molecule has 0 bridgehead atoms. The standard InChI is InChI=1S/C28H30ClN3O5/c1-27(2)15-36-25(37-16-27)17-6-9-23(34-3)20(13-17)28(19-14-18(29)7-8-21(19)31-26(28)33)32-11-4-5-22(32)24-30-10-12-35-24/h6-10,12-14,22,25H,4-5,11,15-16H2,1-3H3,(H,31,33)/t22-,28?/m0/s1. The molecule has 1 aromatic heterocycles. The minimum Gasteiger partial charge on any atom is -0.496 e. The normalized spacial score (nSPS) is 25.7. The molecule has 1 unspecified atom stereocenters. The molecule has 194 valence electrons. The smallest absolute Gasteiger partial charge is 0.254 e. The summed E-state index contributed by atoms with van der Waals surface area (Å²) >= 11 is 6.52. The van der Waals surface area contributed by atoms with Gasteiger partial charge in [-0.15, -0.1) is 0 Å². The molecule has 3 aromatic rings. The van der Waals surface area contributed by atoms with E-state index in [-0.39, 0.29) is 17.4 Å². The van der Waals surface area contributed by atoms with Crippen LogP contribution in [-0.4, -0.2) is 42.7 Å². The van der Waals surface area contributed by atoms with Gasteiger partial charge in [0.25, 0.3) is 5.91 Å². The van der Waals surface area contributed by atoms with Crippen molar-refractivity contribution >= 4 is 23.2 Å². The van der Waals surface area contributed by atoms with E-state index >= 15 is 0 Å². The Kier molecular flexibility index (Phi) is 6.03. The van der Waals surface area contributed by atoms with E-state index in [1.165, 1.54) is 0 Å². The van der Waals surface area contributed by atoms with E-state index in [2.05, 4.69) is 29.0 Å². The molecule has 2 atom stereocenters. The van der Waals surface area contributed by atoms with Crippen LogP contribution in [0.2, 0.25) is 5.02 Å². The van der Waals surface area contributed by atoms with Gasteiger partial charge < -0.3 is 23.9 Å². The molecule has 0 saturated carbocycles. The van der Waals surface area contributed by atoms with Crippen molar-refractivity contribution in [1.29, 1.82) is 0 Å². The summed E-state index contributed by atoms with van der Waals surface area (Å²) in [4.78, 5) is 20.9. The van der Waals surface area contributed by atoms with Crippen LogP contribution in [0.3, 0.4) is 0 Å². The Morgan fingerprint density at radius 3 is 2.68 bits per heavy atom. The average Bonchev–Trinajstić information content (AvgIpc) is 3.63. The number of anilines is 1. The second kappa shape index (κ2) is 9.13. The lowest BCUT2D eigenvalue weighted by Crippen LogP contribution is -2.51. The number of carbonyl (C=O) groups excluding carboxylic acids is 1. The molecule has 1 amide bonds. The monoisotopic (exact) mass is 523 g/mol. The minimum atomic E-state index is -1.23. The number of nitrogens with zero attached hydrogens (tertiary/aromatic N) is 2. The number of ether oxygens (including phenoxy) is 3. The third kappa shape index (κ3) is 3.94. The first-order chi connectivity index (χ1) is 17.8. The number of aromatic nitrogens is 1. The fraction of sp³-hybridized carbons (Fsp3) is 0.429. The van der Waals surface area contributed by atoms with Crippen molar-refractivity contribution in [1.82, 2.24) is 9.88 Å². The summed E-state index contributed by atoms with van der Waals surface area (Å²) in [6.07, 6.45) is 4.34. The Morgan fingerprint density at radius 1 is 1.14 bits per heavy atom. The maximum Gasteiger partial charge on any atom is 0.254 e. The van der Waals surface area contributed by atoms with E-state index in [1.807, 2.05) is 30.3 Å². The van der Waals surface area contributed by atoms with Crippen LogP contribution in [-0.2, 0) is 19.8 Å². The fourth-order valence-electron chi connectivity index (χ4n) is 5.83. The number of halogens is 1. The number of rotatable bonds is 5. The molecular weight excluding hydrogens is 494 g/mol. The molecule has 0 aliphatic carbocycles. The highest BCUT2D eigenvalue weighted by molar-refractivity contribution is 6.31. The number of hydrogen-bond donors (Lipinski definition) is 1. The van der Waals surface area contributed by atoms with Gasteiger partial charge in [0.2, 0.25) is 5.89 Å². The van der Waals surface area contributed by atoms with Gasteiger partial charge in [0.15, 0.2) is 11.8 Å². The highest BCUT2D eigenvalue weighted by Crippen LogP contribution is 2.54. The van der Waals surface area contributed by atoms with Gasteiger partial charge in [-0.2, -0.15) is 0 Å². The Morgan fingerprint density at radius 2 is 1.95 bits per heavy atom. The number of hydrogen-bond acceptors (Lipinski definition) is 7. The first-order valence-electron chi connectivity index (χ1n) is 12.5. The highest BCUT2D eigenvalue weighted by atomic mass is 35.5. The highest BCUT2D eigenvalue weighted by Gasteiger charge is 2.58. The molecule has 3 aliphatic rings. The molecule has 37 heavy (non-hydrogen) atoms. The Hall–Kier alpha value is -2.91. The van der Waals surface area contributed by atoms with Gasteiger partial charge in [0.05, 0.1) is 32.6 Å². The third-order valence-corrected chi connectivity index (χ3v) is 7.74. The summed E-state index contributed by atoms with van der Waals surface area (Å²) in [7, 11) is 1.61. The van der Waals surface area contributed by atoms with E-state index < -0.39 is 11.8 Å². The minimum absolute atomic E-state index is 0.0626. The zero-order valence-electron chi connectivity index (χ0n) is 21.1. The second-order valence-electron chi connectivity index (χ2n) is 10.7. The number of likely N-dealkylation sites (tertiary alicyclic amines) is 1. The average molecular weight is 524 g/mol. The molecular formula is C28H30ClN3O5. The zero-order valence-corrected chi connectivity index (χ0v) is 21.9. The predicted octanol–water partition coefficient (Wildman–Crippen LogP) is 5.44. The van der Waals surface area contributed by atoms with Crippen LogP contribution in [0.4, 0.5) is 5.69 Å². The van der Waals surface area contributed by atoms with Crippen LogP contribution in [0.25, 0.3) is 0 Å². The van der Waals surface area contributed by atoms with E-state index in [0.29, 0.717) is 47.7 Å². The van der Waals surface area contributed by atoms with Crippen LogP contribution in [0.5, 0.6) is 5.75 Å². The van der Waals surface area contributed by atoms with Gasteiger partial charge in [-0.25, -0.2) is 4.98 Å². The lowest BCUT2D eigenvalue weighted by atomic mass is 9.80. The van der Waals surface area contributed by atoms with Crippen molar-refractivity contribution in [3.05, 3.63) is 76.5 Å². The van der Waals surface area contributed by atoms with Crippen molar-refractivity contribution in [2.24, 2.45) is 5.41 Å². The first-order valence-corrected chi connectivity index (χ1v) is 12.9. The third-order valence-electron chi connectivity index (χ3n) is 7.50. The summed E-state index contributed by atoms with van der Waals surface area (Å²) in [5.41, 5.74) is 1.71. The number of carbonyl (C=O) groups is 1. The largest absolute Gasteiger partial charge is 0.496 e. The molecule has 4 heterocycles. The van der Waals surface area contributed by atoms with Gasteiger partial charge in [0, 0.05) is 39.4 Å². The zero-order chi connectivity index (χ0) is 25.8. The fourth-order valence-corrected chi connectivity index (χ4v) is 6.00. The van der Waals surface area contributed by atoms with E-state index in [4.69, 9.17) is 30.2 Å². The molecule has 2 saturated heterocycles. The van der Waals surface area contributed by atoms with Gasteiger partial charge in [-0.1, -0.05) is 31.5 Å². The molecule has 0 radical (unpaired) electrons. The number of benzene rings is 2. The van der Waals surface area contributed by atoms with Crippen molar-refractivity contribution in [2.75, 3.05) is 32.2 Å². The Labute approximate surface area is 220 Å². The van der Waals surface area contributed by atoms with Crippen molar-refractivity contribution < 1.29 is 23.4 Å². The van der Waals surface area contributed by atoms with E-state index in [1.54, 1.807) is 25.6 Å². The molecule has 0 spiro atoms. The number of fused-ring (bicyclic) bond motifs is 1. The van der Waals surface area contributed by atoms with Crippen LogP contribution >= 0.6 is 11.6 Å². The van der Waals surface area contributed by atoms with Gasteiger partial charge in [-0.05, 0) is 43.2 Å². The summed E-state index contributed by atoms with van der Waals surface area (Å²) in [6.45, 7) is 6.02. The number of nitrogens with one attached hydrogen (secondary N) is 1. The van der Waals surface area contributed by atoms with Crippen molar-refractivity contribution in [2.45, 2.75) is 44.6 Å². The van der Waals surface area contributed by atoms with Crippen LogP contribution in [0, 0.1) is 5.41 Å². The van der Waals surface area contributed by atoms with Crippen LogP contribution in [0.1, 0.15) is 61.6 Å². The van der Waals surface area contributed by atoms with Crippen molar-refractivity contribution in [3.63, 3.8) is 0 Å². The number of oxazole rings is 1. The van der Waals surface area contributed by atoms with Crippen LogP contribution in [0.15, 0.2) is 53.3 Å². The number of amides is 1. The van der Waals surface area contributed by atoms with Gasteiger partial charge in [-0.3, -0.25) is 9.69 Å². The summed E-state index contributed by atoms with van der Waals surface area (Å²) in [5.74, 6) is 0.989. The molecule has 8 nitrogen and oxygen atoms in total. The SMILES string of the molecule is COc1ccc(C2OCC(C)(C)CO2)cc1C1(N2CCC[C@H]2c2ncco2)C(=O)Nc2ccc(Cl)cc21. The summed E-state index contributed by atoms with van der Waals surface area (Å²) in [6, 6.07) is 11.1. The second-order valence-corrected chi connectivity index (χ2v) is 11.1. The quantitative estimate of drug-likeness (QED) is 0.476. The molecule has 2 fully saturated rings. The topological polar surface area (TPSA) is 86.1 Å². The molecule has 6 rings (SSSR count). The maximum atomic E-state index is 14.2. The molecule has 9 heteroatoms. The maximum absolute atomic E-state index is 14.2. The van der Waals surface area contributed by atoms with E-state index in [9.17, 15) is 4.79 Å². The lowest BCUT2D eigenvalue weighted by molar-refractivity contribution is -0.226. The van der Waals surface area contributed by atoms with Crippen molar-refractivity contribution in [3.8, 4) is 5.75 Å². The Bertz CT molecular complexity index is 1320. The predicted molar refractivity (Wildman–Crippen MR) is 137 cm³/mol. The summed E-state index contributed by atoms with van der Waals surface area (Å²) < 4.78 is 23.8. The molecule has 3 aliphatic heterocycles. The molecule has 1 N–H and O–H groups in total. The van der Waals surface area contributed by atoms with E-state index in [0.717, 1.165) is 24.0 Å². The van der Waals surface area contributed by atoms with Gasteiger partial charge >= 0.3 is 0 Å². The lowest BCUT2D eigenvalue weighted by Gasteiger charge is -2.41. The first kappa shape index (κ1) is 24.4. The Balaban J connectivity index is 1.56. The summed E-state index contributed by atoms with van der Waals surface area (Å²) in [5, 5.41) is 3.65. The number of methoxy groups -OCH3 is 1.